The van der Waals surface area contributed by atoms with Gasteiger partial charge in [0.15, 0.2) is 0 Å². The Hall–Kier alpha value is -2.43. The van der Waals surface area contributed by atoms with E-state index in [2.05, 4.69) is 47.9 Å². The van der Waals surface area contributed by atoms with E-state index < -0.39 is 0 Å². The van der Waals surface area contributed by atoms with Crippen molar-refractivity contribution in [2.45, 2.75) is 0 Å². The average molecular weight is 350 g/mol. The first-order valence-corrected chi connectivity index (χ1v) is 9.20. The third-order valence-electron chi connectivity index (χ3n) is 3.91. The molecule has 4 heteroatoms. The number of ether oxygens (including phenoxy) is 1. The zero-order valence-corrected chi connectivity index (χ0v) is 14.6. The molecule has 118 valence electrons. The van der Waals surface area contributed by atoms with Gasteiger partial charge in [0, 0.05) is 14.8 Å². The third kappa shape index (κ3) is 2.75. The summed E-state index contributed by atoms with van der Waals surface area (Å²) in [4.78, 5) is 12.4. The Labute approximate surface area is 147 Å². The number of carbonyl (C=O) groups is 1. The van der Waals surface area contributed by atoms with Crippen molar-refractivity contribution in [2.75, 3.05) is 7.11 Å². The molecule has 0 atom stereocenters. The number of rotatable bonds is 3. The van der Waals surface area contributed by atoms with Crippen LogP contribution >= 0.6 is 22.7 Å². The number of methoxy groups -OCH3 is 1. The van der Waals surface area contributed by atoms with Crippen LogP contribution < -0.4 is 0 Å². The molecule has 0 aliphatic carbocycles. The molecule has 4 aromatic rings. The van der Waals surface area contributed by atoms with Crippen LogP contribution in [0.15, 0.2) is 53.9 Å². The molecule has 2 aromatic heterocycles. The van der Waals surface area contributed by atoms with Crippen LogP contribution in [0.25, 0.3) is 32.3 Å². The van der Waals surface area contributed by atoms with Gasteiger partial charge in [-0.2, -0.15) is 0 Å². The standard InChI is InChI=1S/C20H14O2S2/c1-22-20(21)19-12-16-14(3-2-4-18(16)24-19)7-5-13-6-8-17-15(11-13)9-10-23-17/h2-12H,1H3/b7-5+. The molecule has 0 radical (unpaired) electrons. The van der Waals surface area contributed by atoms with Gasteiger partial charge in [0.25, 0.3) is 0 Å². The average Bonchev–Trinajstić information content (AvgIpc) is 3.25. The molecule has 0 saturated carbocycles. The predicted molar refractivity (Wildman–Crippen MR) is 104 cm³/mol. The van der Waals surface area contributed by atoms with Gasteiger partial charge in [-0.15, -0.1) is 22.7 Å². The molecule has 24 heavy (non-hydrogen) atoms. The summed E-state index contributed by atoms with van der Waals surface area (Å²) in [5, 5.41) is 4.46. The number of fused-ring (bicyclic) bond motifs is 2. The van der Waals surface area contributed by atoms with Crippen molar-refractivity contribution in [2.24, 2.45) is 0 Å². The van der Waals surface area contributed by atoms with Crippen molar-refractivity contribution in [3.63, 3.8) is 0 Å². The van der Waals surface area contributed by atoms with Crippen molar-refractivity contribution in [1.82, 2.24) is 0 Å². The molecule has 0 N–H and O–H groups in total. The predicted octanol–water partition coefficient (Wildman–Crippen LogP) is 6.07. The summed E-state index contributed by atoms with van der Waals surface area (Å²) in [5.41, 5.74) is 2.27. The monoisotopic (exact) mass is 350 g/mol. The Morgan fingerprint density at radius 1 is 1.04 bits per heavy atom. The van der Waals surface area contributed by atoms with Crippen LogP contribution in [0.4, 0.5) is 0 Å². The first kappa shape index (κ1) is 15.1. The van der Waals surface area contributed by atoms with Crippen LogP contribution in [0, 0.1) is 0 Å². The number of hydrogen-bond donors (Lipinski definition) is 0. The molecule has 0 fully saturated rings. The lowest BCUT2D eigenvalue weighted by atomic mass is 10.1. The van der Waals surface area contributed by atoms with Gasteiger partial charge >= 0.3 is 5.97 Å². The fraction of sp³-hybridized carbons (Fsp3) is 0.0500. The zero-order chi connectivity index (χ0) is 16.5. The van der Waals surface area contributed by atoms with Crippen LogP contribution in [0.3, 0.4) is 0 Å². The van der Waals surface area contributed by atoms with E-state index in [-0.39, 0.29) is 5.97 Å². The quantitative estimate of drug-likeness (QED) is 0.331. The molecule has 0 unspecified atom stereocenters. The van der Waals surface area contributed by atoms with Crippen LogP contribution in [-0.2, 0) is 4.74 Å². The number of hydrogen-bond acceptors (Lipinski definition) is 4. The lowest BCUT2D eigenvalue weighted by Crippen LogP contribution is -1.96. The highest BCUT2D eigenvalue weighted by molar-refractivity contribution is 7.20. The number of esters is 1. The first-order chi connectivity index (χ1) is 11.7. The van der Waals surface area contributed by atoms with Gasteiger partial charge < -0.3 is 4.74 Å². The molecule has 0 aliphatic rings. The number of thiophene rings is 2. The highest BCUT2D eigenvalue weighted by Gasteiger charge is 2.11. The third-order valence-corrected chi connectivity index (χ3v) is 5.89. The van der Waals surface area contributed by atoms with E-state index in [4.69, 9.17) is 4.74 Å². The van der Waals surface area contributed by atoms with Gasteiger partial charge in [0.2, 0.25) is 0 Å². The summed E-state index contributed by atoms with van der Waals surface area (Å²) in [7, 11) is 1.41. The largest absolute Gasteiger partial charge is 0.465 e. The van der Waals surface area contributed by atoms with Crippen molar-refractivity contribution in [1.29, 1.82) is 0 Å². The van der Waals surface area contributed by atoms with Gasteiger partial charge in [-0.3, -0.25) is 0 Å². The van der Waals surface area contributed by atoms with Crippen LogP contribution in [0.5, 0.6) is 0 Å². The van der Waals surface area contributed by atoms with Crippen molar-refractivity contribution >= 4 is 61.0 Å². The van der Waals surface area contributed by atoms with E-state index in [1.54, 1.807) is 11.3 Å². The normalized spacial score (nSPS) is 11.5. The maximum atomic E-state index is 11.7. The minimum atomic E-state index is -0.283. The lowest BCUT2D eigenvalue weighted by Gasteiger charge is -1.98. The molecule has 4 rings (SSSR count). The highest BCUT2D eigenvalue weighted by atomic mass is 32.1. The Morgan fingerprint density at radius 3 is 2.83 bits per heavy atom. The molecule has 0 spiro atoms. The Bertz CT molecular complexity index is 1070. The Kier molecular flexibility index (Phi) is 3.92. The Balaban J connectivity index is 1.72. The molecule has 2 aromatic carbocycles. The van der Waals surface area contributed by atoms with E-state index >= 15 is 0 Å². The first-order valence-electron chi connectivity index (χ1n) is 7.51. The van der Waals surface area contributed by atoms with Crippen LogP contribution in [0.2, 0.25) is 0 Å². The van der Waals surface area contributed by atoms with E-state index in [9.17, 15) is 4.79 Å². The minimum absolute atomic E-state index is 0.283. The second-order valence-corrected chi connectivity index (χ2v) is 7.44. The van der Waals surface area contributed by atoms with Gasteiger partial charge in [0.1, 0.15) is 4.88 Å². The van der Waals surface area contributed by atoms with Crippen LogP contribution in [-0.4, -0.2) is 13.1 Å². The SMILES string of the molecule is COC(=O)c1cc2c(/C=C/c3ccc4sccc4c3)cccc2s1. The minimum Gasteiger partial charge on any atom is -0.465 e. The second kappa shape index (κ2) is 6.23. The van der Waals surface area contributed by atoms with Gasteiger partial charge in [-0.05, 0) is 52.2 Å². The summed E-state index contributed by atoms with van der Waals surface area (Å²) in [6.45, 7) is 0. The van der Waals surface area contributed by atoms with E-state index in [1.807, 2.05) is 18.2 Å². The smallest absolute Gasteiger partial charge is 0.348 e. The van der Waals surface area contributed by atoms with Crippen molar-refractivity contribution in [3.05, 3.63) is 69.9 Å². The maximum Gasteiger partial charge on any atom is 0.348 e. The van der Waals surface area contributed by atoms with Crippen molar-refractivity contribution in [3.8, 4) is 0 Å². The van der Waals surface area contributed by atoms with E-state index in [1.165, 1.54) is 34.1 Å². The van der Waals surface area contributed by atoms with Crippen LogP contribution in [0.1, 0.15) is 20.8 Å². The van der Waals surface area contributed by atoms with Gasteiger partial charge in [-0.25, -0.2) is 4.79 Å². The summed E-state index contributed by atoms with van der Waals surface area (Å²) < 4.78 is 7.21. The molecule has 0 amide bonds. The fourth-order valence-electron chi connectivity index (χ4n) is 2.70. The summed E-state index contributed by atoms with van der Waals surface area (Å²) >= 11 is 3.22. The van der Waals surface area contributed by atoms with Crippen molar-refractivity contribution < 1.29 is 9.53 Å². The highest BCUT2D eigenvalue weighted by Crippen LogP contribution is 2.30. The number of benzene rings is 2. The summed E-state index contributed by atoms with van der Waals surface area (Å²) in [5.74, 6) is -0.283. The van der Waals surface area contributed by atoms with E-state index in [0.717, 1.165) is 15.6 Å². The topological polar surface area (TPSA) is 26.3 Å². The summed E-state index contributed by atoms with van der Waals surface area (Å²) in [6, 6.07) is 16.6. The maximum absolute atomic E-state index is 11.7. The molecular weight excluding hydrogens is 336 g/mol. The van der Waals surface area contributed by atoms with Gasteiger partial charge in [-0.1, -0.05) is 30.4 Å². The summed E-state index contributed by atoms with van der Waals surface area (Å²) in [6.07, 6.45) is 4.21. The van der Waals surface area contributed by atoms with Gasteiger partial charge in [0.05, 0.1) is 7.11 Å². The number of carbonyl (C=O) groups excluding carboxylic acids is 1. The van der Waals surface area contributed by atoms with E-state index in [0.29, 0.717) is 4.88 Å². The molecule has 0 aliphatic heterocycles. The Morgan fingerprint density at radius 2 is 1.96 bits per heavy atom. The lowest BCUT2D eigenvalue weighted by molar-refractivity contribution is 0.0606. The molecule has 0 bridgehead atoms. The fourth-order valence-corrected chi connectivity index (χ4v) is 4.49. The second-order valence-electron chi connectivity index (χ2n) is 5.41. The molecule has 0 saturated heterocycles. The zero-order valence-electron chi connectivity index (χ0n) is 13.0. The molecule has 2 nitrogen and oxygen atoms in total. The molecule has 2 heterocycles. The molecular formula is C20H14O2S2.